The van der Waals surface area contributed by atoms with E-state index in [4.69, 9.17) is 0 Å². The van der Waals surface area contributed by atoms with E-state index >= 15 is 0 Å². The van der Waals surface area contributed by atoms with E-state index < -0.39 is 0 Å². The Morgan fingerprint density at radius 2 is 1.89 bits per heavy atom. The molecule has 1 N–H and O–H groups in total. The maximum Gasteiger partial charge on any atom is 0.00391 e. The van der Waals surface area contributed by atoms with Crippen molar-refractivity contribution in [3.05, 3.63) is 0 Å². The molecule has 1 heterocycles. The molecule has 0 radical (unpaired) electrons. The molecule has 1 aliphatic rings. The highest BCUT2D eigenvalue weighted by Crippen LogP contribution is 2.01. The summed E-state index contributed by atoms with van der Waals surface area (Å²) in [7, 11) is 0. The molecule has 0 spiro atoms. The van der Waals surface area contributed by atoms with Gasteiger partial charge < -0.3 is 5.32 Å². The lowest BCUT2D eigenvalue weighted by atomic mass is 10.3. The maximum absolute atomic E-state index is 3.32. The summed E-state index contributed by atoms with van der Waals surface area (Å²) in [5, 5.41) is 3.32. The summed E-state index contributed by atoms with van der Waals surface area (Å²) in [4.78, 5) is 0. The van der Waals surface area contributed by atoms with Gasteiger partial charge in [-0.1, -0.05) is 21.3 Å². The van der Waals surface area contributed by atoms with Crippen LogP contribution in [0.2, 0.25) is 0 Å². The van der Waals surface area contributed by atoms with Crippen LogP contribution in [-0.4, -0.2) is 12.6 Å². The quantitative estimate of drug-likeness (QED) is 0.532. The van der Waals surface area contributed by atoms with Crippen LogP contribution in [-0.2, 0) is 0 Å². The van der Waals surface area contributed by atoms with Crippen molar-refractivity contribution < 1.29 is 0 Å². The highest BCUT2D eigenvalue weighted by Gasteiger charge is 2.05. The van der Waals surface area contributed by atoms with Crippen molar-refractivity contribution in [1.29, 1.82) is 0 Å². The second-order valence-electron chi connectivity index (χ2n) is 2.00. The molecule has 1 atom stereocenters. The predicted octanol–water partition coefficient (Wildman–Crippen LogP) is 2.42. The SMILES string of the molecule is C.CC.CC1CCCN1. The first-order valence-electron chi connectivity index (χ1n) is 3.63. The van der Waals surface area contributed by atoms with Gasteiger partial charge in [0.2, 0.25) is 0 Å². The van der Waals surface area contributed by atoms with Crippen LogP contribution in [0.15, 0.2) is 0 Å². The molecule has 0 bridgehead atoms. The molecule has 1 unspecified atom stereocenters. The number of rotatable bonds is 0. The molecular weight excluding hydrogens is 110 g/mol. The fraction of sp³-hybridized carbons (Fsp3) is 1.00. The largest absolute Gasteiger partial charge is 0.314 e. The second-order valence-corrected chi connectivity index (χ2v) is 2.00. The minimum absolute atomic E-state index is 0. The van der Waals surface area contributed by atoms with E-state index in [1.807, 2.05) is 13.8 Å². The number of hydrogen-bond donors (Lipinski definition) is 1. The fourth-order valence-corrected chi connectivity index (χ4v) is 0.859. The predicted molar refractivity (Wildman–Crippen MR) is 44.8 cm³/mol. The van der Waals surface area contributed by atoms with Crippen LogP contribution in [0.25, 0.3) is 0 Å². The summed E-state index contributed by atoms with van der Waals surface area (Å²) < 4.78 is 0. The molecule has 0 aliphatic carbocycles. The van der Waals surface area contributed by atoms with E-state index in [2.05, 4.69) is 12.2 Å². The fourth-order valence-electron chi connectivity index (χ4n) is 0.859. The molecular formula is C8H21N. The van der Waals surface area contributed by atoms with Crippen LogP contribution in [0, 0.1) is 0 Å². The van der Waals surface area contributed by atoms with Crippen molar-refractivity contribution in [2.75, 3.05) is 6.54 Å². The zero-order chi connectivity index (χ0) is 6.41. The van der Waals surface area contributed by atoms with E-state index in [-0.39, 0.29) is 7.43 Å². The normalized spacial score (nSPS) is 23.7. The van der Waals surface area contributed by atoms with Gasteiger partial charge in [-0.2, -0.15) is 0 Å². The molecule has 1 fully saturated rings. The van der Waals surface area contributed by atoms with Gasteiger partial charge in [0.05, 0.1) is 0 Å². The molecule has 0 amide bonds. The molecule has 1 saturated heterocycles. The van der Waals surface area contributed by atoms with E-state index in [9.17, 15) is 0 Å². The average molecular weight is 131 g/mol. The Morgan fingerprint density at radius 1 is 1.33 bits per heavy atom. The monoisotopic (exact) mass is 131 g/mol. The van der Waals surface area contributed by atoms with Crippen LogP contribution in [0.4, 0.5) is 0 Å². The van der Waals surface area contributed by atoms with Crippen molar-refractivity contribution in [3.63, 3.8) is 0 Å². The smallest absolute Gasteiger partial charge is 0.00391 e. The Balaban J connectivity index is 0. The average Bonchev–Trinajstić information content (AvgIpc) is 2.24. The molecule has 1 rings (SSSR count). The highest BCUT2D eigenvalue weighted by atomic mass is 14.9. The lowest BCUT2D eigenvalue weighted by Gasteiger charge is -1.95. The van der Waals surface area contributed by atoms with Crippen LogP contribution in [0.1, 0.15) is 41.0 Å². The molecule has 1 aliphatic heterocycles. The van der Waals surface area contributed by atoms with E-state index in [0.29, 0.717) is 0 Å². The highest BCUT2D eigenvalue weighted by molar-refractivity contribution is 4.67. The summed E-state index contributed by atoms with van der Waals surface area (Å²) in [5.41, 5.74) is 0. The van der Waals surface area contributed by atoms with Crippen LogP contribution in [0.5, 0.6) is 0 Å². The number of nitrogens with one attached hydrogen (secondary N) is 1. The molecule has 58 valence electrons. The molecule has 1 heteroatoms. The van der Waals surface area contributed by atoms with Crippen molar-refractivity contribution in [3.8, 4) is 0 Å². The Kier molecular flexibility index (Phi) is 10.4. The van der Waals surface area contributed by atoms with Gasteiger partial charge in [-0.3, -0.25) is 0 Å². The first-order chi connectivity index (χ1) is 3.89. The van der Waals surface area contributed by atoms with Gasteiger partial charge in [0.25, 0.3) is 0 Å². The summed E-state index contributed by atoms with van der Waals surface area (Å²) in [6, 6.07) is 0.796. The third-order valence-corrected chi connectivity index (χ3v) is 1.31. The van der Waals surface area contributed by atoms with Gasteiger partial charge in [-0.15, -0.1) is 0 Å². The van der Waals surface area contributed by atoms with Crippen molar-refractivity contribution in [2.24, 2.45) is 0 Å². The molecule has 0 aromatic rings. The summed E-state index contributed by atoms with van der Waals surface area (Å²) in [6.45, 7) is 7.47. The first-order valence-corrected chi connectivity index (χ1v) is 3.63. The van der Waals surface area contributed by atoms with Gasteiger partial charge in [0, 0.05) is 6.04 Å². The van der Waals surface area contributed by atoms with Crippen LogP contribution in [0.3, 0.4) is 0 Å². The Labute approximate surface area is 59.8 Å². The minimum Gasteiger partial charge on any atom is -0.314 e. The Bertz CT molecular complexity index is 37.8. The molecule has 0 saturated carbocycles. The van der Waals surface area contributed by atoms with E-state index in [1.54, 1.807) is 0 Å². The Morgan fingerprint density at radius 3 is 2.00 bits per heavy atom. The van der Waals surface area contributed by atoms with Crippen LogP contribution < -0.4 is 5.32 Å². The molecule has 1 nitrogen and oxygen atoms in total. The zero-order valence-electron chi connectivity index (χ0n) is 6.20. The van der Waals surface area contributed by atoms with E-state index in [1.165, 1.54) is 19.4 Å². The zero-order valence-corrected chi connectivity index (χ0v) is 6.20. The Hall–Kier alpha value is -0.0400. The third-order valence-electron chi connectivity index (χ3n) is 1.31. The lowest BCUT2D eigenvalue weighted by Crippen LogP contribution is -2.16. The van der Waals surface area contributed by atoms with Crippen molar-refractivity contribution in [2.45, 2.75) is 47.1 Å². The second kappa shape index (κ2) is 7.96. The van der Waals surface area contributed by atoms with Crippen molar-refractivity contribution in [1.82, 2.24) is 5.32 Å². The van der Waals surface area contributed by atoms with Crippen LogP contribution >= 0.6 is 0 Å². The van der Waals surface area contributed by atoms with E-state index in [0.717, 1.165) is 6.04 Å². The van der Waals surface area contributed by atoms with Gasteiger partial charge >= 0.3 is 0 Å². The lowest BCUT2D eigenvalue weighted by molar-refractivity contribution is 0.664. The first kappa shape index (κ1) is 11.7. The number of hydrogen-bond acceptors (Lipinski definition) is 1. The topological polar surface area (TPSA) is 12.0 Å². The standard InChI is InChI=1S/C5H11N.C2H6.CH4/c1-5-3-2-4-6-5;1-2;/h5-6H,2-4H2,1H3;1-2H3;1H4. The summed E-state index contributed by atoms with van der Waals surface area (Å²) >= 11 is 0. The van der Waals surface area contributed by atoms with Crippen molar-refractivity contribution >= 4 is 0 Å². The van der Waals surface area contributed by atoms with Gasteiger partial charge in [0.1, 0.15) is 0 Å². The molecule has 0 aromatic heterocycles. The third kappa shape index (κ3) is 5.84. The maximum atomic E-state index is 3.32. The van der Waals surface area contributed by atoms with Gasteiger partial charge in [-0.05, 0) is 26.3 Å². The molecule has 0 aromatic carbocycles. The van der Waals surface area contributed by atoms with Gasteiger partial charge in [0.15, 0.2) is 0 Å². The minimum atomic E-state index is 0. The molecule has 9 heavy (non-hydrogen) atoms. The summed E-state index contributed by atoms with van der Waals surface area (Å²) in [5.74, 6) is 0. The van der Waals surface area contributed by atoms with Gasteiger partial charge in [-0.25, -0.2) is 0 Å². The summed E-state index contributed by atoms with van der Waals surface area (Å²) in [6.07, 6.45) is 2.75.